The summed E-state index contributed by atoms with van der Waals surface area (Å²) in [5, 5.41) is 8.99. The van der Waals surface area contributed by atoms with Gasteiger partial charge < -0.3 is 14.3 Å². The first-order valence-electron chi connectivity index (χ1n) is 6.29. The fourth-order valence-electron chi connectivity index (χ4n) is 1.86. The summed E-state index contributed by atoms with van der Waals surface area (Å²) in [4.78, 5) is 10.8. The molecule has 0 unspecified atom stereocenters. The first-order chi connectivity index (χ1) is 10.3. The second-order valence-corrected chi connectivity index (χ2v) is 6.23. The number of aryl methyl sites for hydroxylation is 1. The molecular formula is C14H15NO6S. The van der Waals surface area contributed by atoms with Crippen LogP contribution in [0.5, 0.6) is 5.75 Å². The van der Waals surface area contributed by atoms with E-state index in [1.54, 1.807) is 13.0 Å². The minimum Gasteiger partial charge on any atom is -0.495 e. The SMILES string of the molecule is COc1ccc(C(=O)O)cc1S(=O)(=O)NCc1ccoc1C. The maximum Gasteiger partial charge on any atom is 0.335 e. The zero-order chi connectivity index (χ0) is 16.3. The van der Waals surface area contributed by atoms with Gasteiger partial charge in [-0.05, 0) is 31.2 Å². The Bertz CT molecular complexity index is 793. The van der Waals surface area contributed by atoms with Crippen LogP contribution in [0, 0.1) is 6.92 Å². The lowest BCUT2D eigenvalue weighted by Crippen LogP contribution is -2.24. The molecule has 0 atom stereocenters. The van der Waals surface area contributed by atoms with Gasteiger partial charge in [-0.25, -0.2) is 17.9 Å². The highest BCUT2D eigenvalue weighted by Gasteiger charge is 2.21. The molecule has 0 aliphatic rings. The largest absolute Gasteiger partial charge is 0.495 e. The van der Waals surface area contributed by atoms with Gasteiger partial charge in [-0.3, -0.25) is 0 Å². The number of nitrogens with one attached hydrogen (secondary N) is 1. The van der Waals surface area contributed by atoms with Gasteiger partial charge in [0.25, 0.3) is 0 Å². The van der Waals surface area contributed by atoms with E-state index in [1.807, 2.05) is 0 Å². The van der Waals surface area contributed by atoms with Gasteiger partial charge in [-0.1, -0.05) is 0 Å². The van der Waals surface area contributed by atoms with Gasteiger partial charge in [0, 0.05) is 12.1 Å². The predicted molar refractivity (Wildman–Crippen MR) is 77.4 cm³/mol. The first kappa shape index (κ1) is 16.1. The van der Waals surface area contributed by atoms with Crippen LogP contribution >= 0.6 is 0 Å². The fraction of sp³-hybridized carbons (Fsp3) is 0.214. The maximum atomic E-state index is 12.4. The summed E-state index contributed by atoms with van der Waals surface area (Å²) < 4.78 is 37.2. The average Bonchev–Trinajstić information content (AvgIpc) is 2.89. The standard InChI is InChI=1S/C14H15NO6S/c1-9-11(5-6-21-9)8-15-22(18,19)13-7-10(14(16)17)3-4-12(13)20-2/h3-7,15H,8H2,1-2H3,(H,16,17). The molecule has 0 bridgehead atoms. The number of ether oxygens (including phenoxy) is 1. The Kier molecular flexibility index (Phi) is 4.53. The number of carboxylic acids is 1. The number of benzene rings is 1. The van der Waals surface area contributed by atoms with Crippen molar-refractivity contribution in [3.8, 4) is 5.75 Å². The van der Waals surface area contributed by atoms with Crippen molar-refractivity contribution in [2.45, 2.75) is 18.4 Å². The van der Waals surface area contributed by atoms with Crippen molar-refractivity contribution in [3.63, 3.8) is 0 Å². The van der Waals surface area contributed by atoms with Gasteiger partial charge in [-0.15, -0.1) is 0 Å². The number of sulfonamides is 1. The first-order valence-corrected chi connectivity index (χ1v) is 7.77. The molecule has 0 spiro atoms. The molecule has 2 aromatic rings. The highest BCUT2D eigenvalue weighted by atomic mass is 32.2. The lowest BCUT2D eigenvalue weighted by molar-refractivity contribution is 0.0696. The Hall–Kier alpha value is -2.32. The van der Waals surface area contributed by atoms with Gasteiger partial charge in [0.05, 0.1) is 18.9 Å². The molecule has 1 aromatic heterocycles. The molecule has 118 valence electrons. The van der Waals surface area contributed by atoms with Crippen LogP contribution in [0.25, 0.3) is 0 Å². The van der Waals surface area contributed by atoms with E-state index >= 15 is 0 Å². The van der Waals surface area contributed by atoms with E-state index in [2.05, 4.69) is 4.72 Å². The lowest BCUT2D eigenvalue weighted by atomic mass is 10.2. The van der Waals surface area contributed by atoms with E-state index in [9.17, 15) is 13.2 Å². The van der Waals surface area contributed by atoms with E-state index in [4.69, 9.17) is 14.3 Å². The van der Waals surface area contributed by atoms with Gasteiger partial charge in [0.15, 0.2) is 0 Å². The van der Waals surface area contributed by atoms with E-state index in [0.29, 0.717) is 11.3 Å². The van der Waals surface area contributed by atoms with Crippen molar-refractivity contribution in [2.75, 3.05) is 7.11 Å². The summed E-state index contributed by atoms with van der Waals surface area (Å²) in [7, 11) is -2.62. The second kappa shape index (κ2) is 6.20. The topological polar surface area (TPSA) is 106 Å². The molecule has 22 heavy (non-hydrogen) atoms. The summed E-state index contributed by atoms with van der Waals surface area (Å²) in [5.74, 6) is -0.542. The zero-order valence-corrected chi connectivity index (χ0v) is 12.8. The molecule has 0 amide bonds. The van der Waals surface area contributed by atoms with Crippen molar-refractivity contribution < 1.29 is 27.5 Å². The zero-order valence-electron chi connectivity index (χ0n) is 12.0. The lowest BCUT2D eigenvalue weighted by Gasteiger charge is -2.11. The number of carboxylic acid groups (broad SMARTS) is 1. The van der Waals surface area contributed by atoms with Crippen molar-refractivity contribution in [3.05, 3.63) is 47.4 Å². The second-order valence-electron chi connectivity index (χ2n) is 4.50. The predicted octanol–water partition coefficient (Wildman–Crippen LogP) is 1.77. The van der Waals surface area contributed by atoms with Gasteiger partial charge in [0.1, 0.15) is 16.4 Å². The quantitative estimate of drug-likeness (QED) is 0.838. The molecule has 0 radical (unpaired) electrons. The van der Waals surface area contributed by atoms with Gasteiger partial charge >= 0.3 is 5.97 Å². The summed E-state index contributed by atoms with van der Waals surface area (Å²) in [6.45, 7) is 1.75. The molecule has 1 heterocycles. The normalized spacial score (nSPS) is 11.4. The molecule has 7 nitrogen and oxygen atoms in total. The third-order valence-electron chi connectivity index (χ3n) is 3.12. The number of hydrogen-bond acceptors (Lipinski definition) is 5. The number of hydrogen-bond donors (Lipinski definition) is 2. The minimum atomic E-state index is -3.93. The van der Waals surface area contributed by atoms with E-state index in [-0.39, 0.29) is 22.8 Å². The molecule has 2 rings (SSSR count). The van der Waals surface area contributed by atoms with Crippen molar-refractivity contribution in [2.24, 2.45) is 0 Å². The molecule has 1 aromatic carbocycles. The summed E-state index contributed by atoms with van der Waals surface area (Å²) in [5.41, 5.74) is 0.553. The molecule has 2 N–H and O–H groups in total. The van der Waals surface area contributed by atoms with Crippen molar-refractivity contribution >= 4 is 16.0 Å². The number of methoxy groups -OCH3 is 1. The highest BCUT2D eigenvalue weighted by molar-refractivity contribution is 7.89. The van der Waals surface area contributed by atoms with Crippen LogP contribution in [0.4, 0.5) is 0 Å². The molecule has 8 heteroatoms. The summed E-state index contributed by atoms with van der Waals surface area (Å²) in [6, 6.07) is 5.30. The maximum absolute atomic E-state index is 12.4. The summed E-state index contributed by atoms with van der Waals surface area (Å²) >= 11 is 0. The van der Waals surface area contributed by atoms with E-state index < -0.39 is 16.0 Å². The Balaban J connectivity index is 2.33. The third-order valence-corrected chi connectivity index (χ3v) is 4.54. The fourth-order valence-corrected chi connectivity index (χ4v) is 3.06. The molecule has 0 fully saturated rings. The number of aromatic carboxylic acids is 1. The Labute approximate surface area is 127 Å². The highest BCUT2D eigenvalue weighted by Crippen LogP contribution is 2.25. The number of carbonyl (C=O) groups is 1. The average molecular weight is 325 g/mol. The third kappa shape index (κ3) is 3.29. The molecule has 0 aliphatic heterocycles. The van der Waals surface area contributed by atoms with Gasteiger partial charge in [-0.2, -0.15) is 0 Å². The van der Waals surface area contributed by atoms with Crippen LogP contribution in [-0.4, -0.2) is 26.6 Å². The van der Waals surface area contributed by atoms with Crippen LogP contribution < -0.4 is 9.46 Å². The van der Waals surface area contributed by atoms with E-state index in [0.717, 1.165) is 6.07 Å². The van der Waals surface area contributed by atoms with Crippen LogP contribution in [0.2, 0.25) is 0 Å². The number of rotatable bonds is 6. The molecule has 0 aliphatic carbocycles. The Morgan fingerprint density at radius 1 is 1.36 bits per heavy atom. The minimum absolute atomic E-state index is 0.0329. The van der Waals surface area contributed by atoms with Crippen LogP contribution in [0.3, 0.4) is 0 Å². The van der Waals surface area contributed by atoms with Crippen molar-refractivity contribution in [1.82, 2.24) is 4.72 Å². The molecular weight excluding hydrogens is 310 g/mol. The summed E-state index contributed by atoms with van der Waals surface area (Å²) in [6.07, 6.45) is 1.46. The van der Waals surface area contributed by atoms with Crippen LogP contribution in [0.1, 0.15) is 21.7 Å². The Morgan fingerprint density at radius 2 is 2.09 bits per heavy atom. The molecule has 0 saturated heterocycles. The number of furan rings is 1. The Morgan fingerprint density at radius 3 is 2.64 bits per heavy atom. The monoisotopic (exact) mass is 325 g/mol. The smallest absolute Gasteiger partial charge is 0.335 e. The molecule has 0 saturated carbocycles. The van der Waals surface area contributed by atoms with E-state index in [1.165, 1.54) is 25.5 Å². The van der Waals surface area contributed by atoms with Crippen molar-refractivity contribution in [1.29, 1.82) is 0 Å². The van der Waals surface area contributed by atoms with Crippen LogP contribution in [-0.2, 0) is 16.6 Å². The van der Waals surface area contributed by atoms with Gasteiger partial charge in [0.2, 0.25) is 10.0 Å². The van der Waals surface area contributed by atoms with Crippen LogP contribution in [0.15, 0.2) is 39.8 Å².